The van der Waals surface area contributed by atoms with E-state index in [4.69, 9.17) is 0 Å². The Morgan fingerprint density at radius 3 is 2.95 bits per heavy atom. The zero-order valence-electron chi connectivity index (χ0n) is 13.3. The Morgan fingerprint density at radius 1 is 1.23 bits per heavy atom. The van der Waals surface area contributed by atoms with Gasteiger partial charge in [0.2, 0.25) is 0 Å². The van der Waals surface area contributed by atoms with Gasteiger partial charge in [-0.1, -0.05) is 17.7 Å². The second kappa shape index (κ2) is 5.56. The van der Waals surface area contributed by atoms with Gasteiger partial charge in [0.05, 0.1) is 0 Å². The fraction of sp³-hybridized carbons (Fsp3) is 0.368. The van der Waals surface area contributed by atoms with Crippen LogP contribution in [-0.4, -0.2) is 23.1 Å². The molecule has 0 saturated carbocycles. The largest absolute Gasteiger partial charge is 0.344 e. The quantitative estimate of drug-likeness (QED) is 0.702. The molecule has 1 aliphatic heterocycles. The Morgan fingerprint density at radius 2 is 2.14 bits per heavy atom. The molecule has 3 heterocycles. The Kier molecular flexibility index (Phi) is 3.55. The van der Waals surface area contributed by atoms with Crippen LogP contribution in [0.2, 0.25) is 0 Å². The average molecular weight is 310 g/mol. The van der Waals surface area contributed by atoms with Crippen molar-refractivity contribution in [1.82, 2.24) is 9.47 Å². The summed E-state index contributed by atoms with van der Waals surface area (Å²) >= 11 is 1.87. The molecule has 0 unspecified atom stereocenters. The van der Waals surface area contributed by atoms with Crippen LogP contribution in [-0.2, 0) is 25.9 Å². The molecule has 0 aliphatic carbocycles. The highest BCUT2D eigenvalue weighted by molar-refractivity contribution is 7.09. The van der Waals surface area contributed by atoms with E-state index in [9.17, 15) is 0 Å². The van der Waals surface area contributed by atoms with Gasteiger partial charge in [-0.3, -0.25) is 0 Å². The first-order valence-electron chi connectivity index (χ1n) is 8.04. The standard InChI is InChI=1S/C19H22N2S/c1-14-5-6-18-16(12-14)17-13-20(2)9-8-19(17)21(18)10-7-15-4-3-11-22-15/h3-6,11-12H,7-10,13H2,1-2H3. The number of hydrogen-bond donors (Lipinski definition) is 0. The zero-order valence-corrected chi connectivity index (χ0v) is 14.1. The minimum atomic E-state index is 1.08. The zero-order chi connectivity index (χ0) is 15.1. The molecular weight excluding hydrogens is 288 g/mol. The molecule has 2 aromatic heterocycles. The SMILES string of the molecule is Cc1ccc2c(c1)c1c(n2CCc2cccs2)CCN(C)C1. The van der Waals surface area contributed by atoms with Crippen molar-refractivity contribution in [3.05, 3.63) is 57.4 Å². The van der Waals surface area contributed by atoms with Gasteiger partial charge in [-0.15, -0.1) is 11.3 Å². The van der Waals surface area contributed by atoms with Crippen LogP contribution in [0.3, 0.4) is 0 Å². The van der Waals surface area contributed by atoms with Crippen molar-refractivity contribution in [2.45, 2.75) is 32.9 Å². The van der Waals surface area contributed by atoms with E-state index in [0.29, 0.717) is 0 Å². The summed E-state index contributed by atoms with van der Waals surface area (Å²) in [5.74, 6) is 0. The number of nitrogens with zero attached hydrogens (tertiary/aromatic N) is 2. The highest BCUT2D eigenvalue weighted by Crippen LogP contribution is 2.31. The van der Waals surface area contributed by atoms with E-state index in [1.54, 1.807) is 11.3 Å². The van der Waals surface area contributed by atoms with E-state index in [-0.39, 0.29) is 0 Å². The van der Waals surface area contributed by atoms with Crippen LogP contribution in [0.15, 0.2) is 35.7 Å². The Balaban J connectivity index is 1.79. The van der Waals surface area contributed by atoms with Crippen molar-refractivity contribution in [3.8, 4) is 0 Å². The summed E-state index contributed by atoms with van der Waals surface area (Å²) < 4.78 is 2.58. The number of aromatic nitrogens is 1. The fourth-order valence-electron chi connectivity index (χ4n) is 3.63. The smallest absolute Gasteiger partial charge is 0.0486 e. The molecule has 0 bridgehead atoms. The van der Waals surface area contributed by atoms with Gasteiger partial charge in [0.25, 0.3) is 0 Å². The van der Waals surface area contributed by atoms with Gasteiger partial charge in [-0.25, -0.2) is 0 Å². The molecule has 0 N–H and O–H groups in total. The molecule has 0 amide bonds. The van der Waals surface area contributed by atoms with Gasteiger partial charge in [-0.05, 0) is 49.5 Å². The molecule has 3 aromatic rings. The second-order valence-electron chi connectivity index (χ2n) is 6.41. The maximum Gasteiger partial charge on any atom is 0.0486 e. The number of hydrogen-bond acceptors (Lipinski definition) is 2. The molecule has 114 valence electrons. The van der Waals surface area contributed by atoms with Gasteiger partial charge < -0.3 is 9.47 Å². The molecule has 3 heteroatoms. The van der Waals surface area contributed by atoms with Crippen LogP contribution < -0.4 is 0 Å². The van der Waals surface area contributed by atoms with Crippen LogP contribution in [0.4, 0.5) is 0 Å². The first kappa shape index (κ1) is 14.0. The van der Waals surface area contributed by atoms with E-state index >= 15 is 0 Å². The molecule has 2 nitrogen and oxygen atoms in total. The summed E-state index contributed by atoms with van der Waals surface area (Å²) in [4.78, 5) is 3.92. The molecule has 4 rings (SSSR count). The first-order chi connectivity index (χ1) is 10.7. The predicted molar refractivity (Wildman–Crippen MR) is 94.7 cm³/mol. The van der Waals surface area contributed by atoms with Crippen molar-refractivity contribution in [3.63, 3.8) is 0 Å². The van der Waals surface area contributed by atoms with Gasteiger partial charge in [0.15, 0.2) is 0 Å². The van der Waals surface area contributed by atoms with Crippen LogP contribution in [0.25, 0.3) is 10.9 Å². The van der Waals surface area contributed by atoms with Crippen LogP contribution in [0.5, 0.6) is 0 Å². The van der Waals surface area contributed by atoms with Crippen molar-refractivity contribution in [1.29, 1.82) is 0 Å². The lowest BCUT2D eigenvalue weighted by atomic mass is 10.0. The summed E-state index contributed by atoms with van der Waals surface area (Å²) in [6, 6.07) is 11.3. The topological polar surface area (TPSA) is 8.17 Å². The molecule has 1 aliphatic rings. The lowest BCUT2D eigenvalue weighted by molar-refractivity contribution is 0.309. The summed E-state index contributed by atoms with van der Waals surface area (Å²) in [5.41, 5.74) is 5.90. The monoisotopic (exact) mass is 310 g/mol. The third-order valence-electron chi connectivity index (χ3n) is 4.76. The number of rotatable bonds is 3. The van der Waals surface area contributed by atoms with Crippen LogP contribution in [0, 0.1) is 6.92 Å². The number of aryl methyl sites for hydroxylation is 3. The lowest BCUT2D eigenvalue weighted by Crippen LogP contribution is -2.27. The highest BCUT2D eigenvalue weighted by atomic mass is 32.1. The van der Waals surface area contributed by atoms with Crippen molar-refractivity contribution in [2.24, 2.45) is 0 Å². The molecule has 0 fully saturated rings. The predicted octanol–water partition coefficient (Wildman–Crippen LogP) is 4.24. The minimum Gasteiger partial charge on any atom is -0.344 e. The Hall–Kier alpha value is -1.58. The van der Waals surface area contributed by atoms with Crippen LogP contribution >= 0.6 is 11.3 Å². The van der Waals surface area contributed by atoms with Gasteiger partial charge in [0, 0.05) is 47.5 Å². The number of fused-ring (bicyclic) bond motifs is 3. The van der Waals surface area contributed by atoms with E-state index in [1.165, 1.54) is 34.3 Å². The number of benzene rings is 1. The number of likely N-dealkylation sites (N-methyl/N-ethyl adjacent to an activating group) is 1. The summed E-state index contributed by atoms with van der Waals surface area (Å²) in [6.07, 6.45) is 2.31. The second-order valence-corrected chi connectivity index (χ2v) is 7.45. The van der Waals surface area contributed by atoms with Gasteiger partial charge >= 0.3 is 0 Å². The van der Waals surface area contributed by atoms with Crippen molar-refractivity contribution < 1.29 is 0 Å². The normalized spacial score (nSPS) is 15.4. The van der Waals surface area contributed by atoms with Crippen molar-refractivity contribution in [2.75, 3.05) is 13.6 Å². The maximum atomic E-state index is 2.58. The molecule has 22 heavy (non-hydrogen) atoms. The van der Waals surface area contributed by atoms with Crippen LogP contribution in [0.1, 0.15) is 21.7 Å². The van der Waals surface area contributed by atoms with E-state index < -0.39 is 0 Å². The molecule has 0 radical (unpaired) electrons. The highest BCUT2D eigenvalue weighted by Gasteiger charge is 2.22. The molecule has 1 aromatic carbocycles. The summed E-state index contributed by atoms with van der Waals surface area (Å²) in [6.45, 7) is 5.54. The van der Waals surface area contributed by atoms with Gasteiger partial charge in [0.1, 0.15) is 0 Å². The maximum absolute atomic E-state index is 2.58. The Labute approximate surface area is 136 Å². The Bertz CT molecular complexity index is 799. The van der Waals surface area contributed by atoms with Crippen molar-refractivity contribution >= 4 is 22.2 Å². The van der Waals surface area contributed by atoms with Gasteiger partial charge in [-0.2, -0.15) is 0 Å². The van der Waals surface area contributed by atoms with E-state index in [1.807, 2.05) is 11.3 Å². The molecule has 0 saturated heterocycles. The third-order valence-corrected chi connectivity index (χ3v) is 5.70. The first-order valence-corrected chi connectivity index (χ1v) is 8.92. The molecule has 0 spiro atoms. The fourth-order valence-corrected chi connectivity index (χ4v) is 4.33. The van der Waals surface area contributed by atoms with E-state index in [2.05, 4.69) is 59.2 Å². The summed E-state index contributed by atoms with van der Waals surface area (Å²) in [5, 5.41) is 3.64. The van der Waals surface area contributed by atoms with E-state index in [0.717, 1.165) is 19.5 Å². The third kappa shape index (κ3) is 2.38. The molecular formula is C19H22N2S. The minimum absolute atomic E-state index is 1.08. The summed E-state index contributed by atoms with van der Waals surface area (Å²) in [7, 11) is 2.23. The lowest BCUT2D eigenvalue weighted by Gasteiger charge is -2.24. The average Bonchev–Trinajstić information content (AvgIpc) is 3.11. The number of thiophene rings is 1. The molecule has 0 atom stereocenters.